The van der Waals surface area contributed by atoms with E-state index in [9.17, 15) is 8.42 Å². The molecule has 1 aromatic carbocycles. The Hall–Kier alpha value is -0.620. The maximum Gasteiger partial charge on any atom is 0.242 e. The third kappa shape index (κ3) is 3.92. The van der Waals surface area contributed by atoms with E-state index in [0.29, 0.717) is 12.8 Å². The number of benzene rings is 1. The average molecular weight is 305 g/mol. The Morgan fingerprint density at radius 3 is 2.42 bits per heavy atom. The number of hydrogen-bond acceptors (Lipinski definition) is 3. The maximum absolute atomic E-state index is 12.2. The van der Waals surface area contributed by atoms with Gasteiger partial charge in [-0.05, 0) is 31.4 Å². The number of nitrogens with two attached hydrogens (primary N) is 1. The molecule has 0 unspecified atom stereocenters. The summed E-state index contributed by atoms with van der Waals surface area (Å²) in [5.74, 6) is 0. The van der Waals surface area contributed by atoms with E-state index in [0.717, 1.165) is 5.56 Å². The Bertz CT molecular complexity index is 540. The van der Waals surface area contributed by atoms with Gasteiger partial charge in [-0.15, -0.1) is 0 Å². The first kappa shape index (κ1) is 16.4. The lowest BCUT2D eigenvalue weighted by molar-refractivity contribution is 0.392. The second-order valence-electron chi connectivity index (χ2n) is 4.78. The van der Waals surface area contributed by atoms with Crippen molar-refractivity contribution >= 4 is 21.6 Å². The lowest BCUT2D eigenvalue weighted by atomic mass is 9.95. The maximum atomic E-state index is 12.2. The third-order valence-corrected chi connectivity index (χ3v) is 5.53. The zero-order valence-corrected chi connectivity index (χ0v) is 13.1. The Morgan fingerprint density at radius 1 is 1.32 bits per heavy atom. The topological polar surface area (TPSA) is 72.2 Å². The fourth-order valence-electron chi connectivity index (χ4n) is 1.64. The highest BCUT2D eigenvalue weighted by Crippen LogP contribution is 2.24. The van der Waals surface area contributed by atoms with E-state index in [1.807, 2.05) is 13.8 Å². The second kappa shape index (κ2) is 6.22. The zero-order chi connectivity index (χ0) is 14.7. The van der Waals surface area contributed by atoms with Crippen molar-refractivity contribution in [2.75, 3.05) is 6.54 Å². The number of nitrogens with one attached hydrogen (secondary N) is 1. The van der Waals surface area contributed by atoms with Crippen LogP contribution in [-0.2, 0) is 10.0 Å². The first-order valence-electron chi connectivity index (χ1n) is 6.29. The average Bonchev–Trinajstić information content (AvgIpc) is 2.39. The Morgan fingerprint density at radius 2 is 1.89 bits per heavy atom. The smallest absolute Gasteiger partial charge is 0.242 e. The molecule has 108 valence electrons. The minimum absolute atomic E-state index is 0.101. The molecule has 1 aromatic rings. The van der Waals surface area contributed by atoms with E-state index in [1.165, 1.54) is 6.07 Å². The van der Waals surface area contributed by atoms with Gasteiger partial charge in [0.1, 0.15) is 4.90 Å². The molecule has 0 aliphatic rings. The first-order chi connectivity index (χ1) is 8.75. The van der Waals surface area contributed by atoms with Crippen LogP contribution in [0.25, 0.3) is 0 Å². The molecule has 19 heavy (non-hydrogen) atoms. The number of sulfonamides is 1. The van der Waals surface area contributed by atoms with Gasteiger partial charge in [0.2, 0.25) is 10.0 Å². The third-order valence-electron chi connectivity index (χ3n) is 3.47. The summed E-state index contributed by atoms with van der Waals surface area (Å²) in [5.41, 5.74) is 6.30. The van der Waals surface area contributed by atoms with Crippen LogP contribution >= 0.6 is 11.6 Å². The summed E-state index contributed by atoms with van der Waals surface area (Å²) in [4.78, 5) is 0.101. The van der Waals surface area contributed by atoms with Crippen LogP contribution in [0.4, 0.5) is 0 Å². The SMILES string of the molecule is CCC(N)(CC)CNS(=O)(=O)c1cccc(C)c1Cl. The van der Waals surface area contributed by atoms with E-state index >= 15 is 0 Å². The van der Waals surface area contributed by atoms with Crippen LogP contribution in [0, 0.1) is 6.92 Å². The van der Waals surface area contributed by atoms with Gasteiger partial charge in [0.25, 0.3) is 0 Å². The fourth-order valence-corrected chi connectivity index (χ4v) is 3.36. The summed E-state index contributed by atoms with van der Waals surface area (Å²) in [6, 6.07) is 4.94. The highest BCUT2D eigenvalue weighted by atomic mass is 35.5. The van der Waals surface area contributed by atoms with Gasteiger partial charge in [0, 0.05) is 12.1 Å². The molecular weight excluding hydrogens is 284 g/mol. The van der Waals surface area contributed by atoms with Crippen LogP contribution < -0.4 is 10.5 Å². The molecule has 0 heterocycles. The van der Waals surface area contributed by atoms with Gasteiger partial charge >= 0.3 is 0 Å². The molecule has 0 aromatic heterocycles. The van der Waals surface area contributed by atoms with Gasteiger partial charge in [0.15, 0.2) is 0 Å². The molecule has 0 bridgehead atoms. The van der Waals surface area contributed by atoms with Gasteiger partial charge in [-0.25, -0.2) is 13.1 Å². The van der Waals surface area contributed by atoms with E-state index in [1.54, 1.807) is 19.1 Å². The molecule has 6 heteroatoms. The van der Waals surface area contributed by atoms with E-state index in [2.05, 4.69) is 4.72 Å². The first-order valence-corrected chi connectivity index (χ1v) is 8.15. The highest BCUT2D eigenvalue weighted by Gasteiger charge is 2.25. The molecule has 3 N–H and O–H groups in total. The summed E-state index contributed by atoms with van der Waals surface area (Å²) < 4.78 is 27.0. The number of rotatable bonds is 6. The van der Waals surface area contributed by atoms with Crippen molar-refractivity contribution in [2.45, 2.75) is 44.0 Å². The summed E-state index contributed by atoms with van der Waals surface area (Å²) in [6.45, 7) is 5.86. The van der Waals surface area contributed by atoms with Crippen molar-refractivity contribution in [3.8, 4) is 0 Å². The lowest BCUT2D eigenvalue weighted by Crippen LogP contribution is -2.49. The van der Waals surface area contributed by atoms with Crippen molar-refractivity contribution in [3.63, 3.8) is 0 Å². The number of hydrogen-bond donors (Lipinski definition) is 2. The van der Waals surface area contributed by atoms with Gasteiger partial charge in [-0.1, -0.05) is 37.6 Å². The van der Waals surface area contributed by atoms with Crippen LogP contribution in [0.15, 0.2) is 23.1 Å². The summed E-state index contributed by atoms with van der Waals surface area (Å²) in [6.07, 6.45) is 1.40. The van der Waals surface area contributed by atoms with Crippen molar-refractivity contribution < 1.29 is 8.42 Å². The van der Waals surface area contributed by atoms with E-state index < -0.39 is 15.6 Å². The fraction of sp³-hybridized carbons (Fsp3) is 0.538. The molecule has 0 spiro atoms. The molecule has 0 aliphatic carbocycles. The minimum Gasteiger partial charge on any atom is -0.324 e. The molecule has 4 nitrogen and oxygen atoms in total. The standard InChI is InChI=1S/C13H21ClN2O2S/c1-4-13(15,5-2)9-16-19(17,18)11-8-6-7-10(3)12(11)14/h6-8,16H,4-5,9,15H2,1-3H3. The number of halogens is 1. The van der Waals surface area contributed by atoms with Crippen molar-refractivity contribution in [1.82, 2.24) is 4.72 Å². The molecule has 0 amide bonds. The normalized spacial score (nSPS) is 12.7. The molecule has 0 saturated carbocycles. The van der Waals surface area contributed by atoms with Gasteiger partial charge in [-0.3, -0.25) is 0 Å². The monoisotopic (exact) mass is 304 g/mol. The van der Waals surface area contributed by atoms with E-state index in [4.69, 9.17) is 17.3 Å². The number of aryl methyl sites for hydroxylation is 1. The summed E-state index contributed by atoms with van der Waals surface area (Å²) in [5, 5.41) is 0.255. The van der Waals surface area contributed by atoms with Crippen LogP contribution in [0.5, 0.6) is 0 Å². The summed E-state index contributed by atoms with van der Waals surface area (Å²) in [7, 11) is -3.63. The quantitative estimate of drug-likeness (QED) is 0.848. The molecule has 0 atom stereocenters. The Kier molecular flexibility index (Phi) is 5.38. The predicted octanol–water partition coefficient (Wildman–Crippen LogP) is 2.44. The van der Waals surface area contributed by atoms with Gasteiger partial charge in [0.05, 0.1) is 5.02 Å². The van der Waals surface area contributed by atoms with Crippen molar-refractivity contribution in [2.24, 2.45) is 5.73 Å². The predicted molar refractivity (Wildman–Crippen MR) is 78.9 cm³/mol. The lowest BCUT2D eigenvalue weighted by Gasteiger charge is -2.26. The van der Waals surface area contributed by atoms with E-state index in [-0.39, 0.29) is 16.5 Å². The van der Waals surface area contributed by atoms with Gasteiger partial charge < -0.3 is 5.73 Å². The largest absolute Gasteiger partial charge is 0.324 e. The Labute approximate surface area is 120 Å². The molecule has 1 rings (SSSR count). The highest BCUT2D eigenvalue weighted by molar-refractivity contribution is 7.89. The van der Waals surface area contributed by atoms with Crippen LogP contribution in [0.2, 0.25) is 5.02 Å². The van der Waals surface area contributed by atoms with Crippen LogP contribution in [0.1, 0.15) is 32.3 Å². The van der Waals surface area contributed by atoms with Crippen molar-refractivity contribution in [3.05, 3.63) is 28.8 Å². The molecule has 0 radical (unpaired) electrons. The molecule has 0 fully saturated rings. The van der Waals surface area contributed by atoms with Crippen LogP contribution in [-0.4, -0.2) is 20.5 Å². The Balaban J connectivity index is 2.97. The summed E-state index contributed by atoms with van der Waals surface area (Å²) >= 11 is 6.05. The zero-order valence-electron chi connectivity index (χ0n) is 11.5. The molecule has 0 aliphatic heterocycles. The minimum atomic E-state index is -3.63. The van der Waals surface area contributed by atoms with Crippen LogP contribution in [0.3, 0.4) is 0 Å². The van der Waals surface area contributed by atoms with Gasteiger partial charge in [-0.2, -0.15) is 0 Å². The van der Waals surface area contributed by atoms with Crippen molar-refractivity contribution in [1.29, 1.82) is 0 Å². The molecule has 0 saturated heterocycles. The second-order valence-corrected chi connectivity index (χ2v) is 6.89. The molecular formula is C13H21ClN2O2S.